The molecular weight excluding hydrogens is 773 g/mol. The number of carbonyl (C=O) groups is 8. The normalized spacial score (nSPS) is 13.3. The fourth-order valence-corrected chi connectivity index (χ4v) is 6.13. The third-order valence-electron chi connectivity index (χ3n) is 8.57. The highest BCUT2D eigenvalue weighted by molar-refractivity contribution is 7.99. The second-order valence-electron chi connectivity index (χ2n) is 13.3. The largest absolute Gasteiger partial charge is 0.497 e. The molecule has 2 aromatic carbocycles. The minimum atomic E-state index is -0.999. The molecule has 8 amide bonds. The molecule has 2 aromatic rings. The maximum Gasteiger partial charge on any atom is 0.408 e. The molecule has 0 bridgehead atoms. The van der Waals surface area contributed by atoms with Gasteiger partial charge in [-0.2, -0.15) is 11.8 Å². The van der Waals surface area contributed by atoms with Gasteiger partial charge in [-0.15, -0.1) is 0 Å². The molecule has 0 spiro atoms. The number of amides is 8. The molecule has 1 fully saturated rings. The van der Waals surface area contributed by atoms with Gasteiger partial charge < -0.3 is 51.2 Å². The summed E-state index contributed by atoms with van der Waals surface area (Å²) in [6, 6.07) is 11.4. The zero-order valence-electron chi connectivity index (χ0n) is 32.7. The molecule has 19 heteroatoms. The SMILES string of the molecule is C=CC(=O)N1CN(C(=O)C=C)CN(C(=O)CCSCC(=O)NC(C(=O)NCC(=O)Nc2ccc(COC(=O)NC(Cc3ccc(OC)cc3)C(N)=O)cc2)C(C)C)C1. The smallest absolute Gasteiger partial charge is 0.408 e. The van der Waals surface area contributed by atoms with Crippen molar-refractivity contribution in [2.75, 3.05) is 50.5 Å². The first-order valence-corrected chi connectivity index (χ1v) is 19.3. The van der Waals surface area contributed by atoms with E-state index in [-0.39, 0.29) is 69.3 Å². The van der Waals surface area contributed by atoms with Gasteiger partial charge in [0, 0.05) is 24.3 Å². The molecule has 3 rings (SSSR count). The van der Waals surface area contributed by atoms with E-state index in [0.717, 1.165) is 17.7 Å². The van der Waals surface area contributed by atoms with E-state index >= 15 is 0 Å². The third-order valence-corrected chi connectivity index (χ3v) is 9.53. The lowest BCUT2D eigenvalue weighted by atomic mass is 10.0. The van der Waals surface area contributed by atoms with Crippen LogP contribution in [0, 0.1) is 5.92 Å². The highest BCUT2D eigenvalue weighted by atomic mass is 32.2. The van der Waals surface area contributed by atoms with Gasteiger partial charge in [-0.3, -0.25) is 33.6 Å². The Morgan fingerprint density at radius 1 is 0.828 bits per heavy atom. The van der Waals surface area contributed by atoms with Gasteiger partial charge in [0.1, 0.15) is 24.4 Å². The van der Waals surface area contributed by atoms with Crippen molar-refractivity contribution in [3.63, 3.8) is 0 Å². The van der Waals surface area contributed by atoms with Gasteiger partial charge in [-0.25, -0.2) is 4.79 Å². The number of rotatable bonds is 20. The summed E-state index contributed by atoms with van der Waals surface area (Å²) in [6.07, 6.45) is 1.55. The van der Waals surface area contributed by atoms with Gasteiger partial charge in [0.05, 0.1) is 39.4 Å². The first kappa shape index (κ1) is 46.0. The molecule has 2 atom stereocenters. The van der Waals surface area contributed by atoms with E-state index in [0.29, 0.717) is 17.0 Å². The predicted octanol–water partition coefficient (Wildman–Crippen LogP) is 1.08. The zero-order valence-corrected chi connectivity index (χ0v) is 33.5. The van der Waals surface area contributed by atoms with Crippen LogP contribution in [0.5, 0.6) is 5.75 Å². The van der Waals surface area contributed by atoms with Crippen LogP contribution in [0.15, 0.2) is 73.8 Å². The standard InChI is InChI=1S/C39H50N8O10S/c1-6-33(50)45-22-46(34(51)7-2)24-47(23-45)35(52)16-17-58-21-32(49)44-36(25(3)4)38(54)41-19-31(48)42-28-12-8-27(9-13-28)20-57-39(55)43-30(37(40)53)18-26-10-14-29(56-5)15-11-26/h6-15,25,30,36H,1-2,16-24H2,3-5H3,(H2,40,53)(H,41,54)(H,42,48)(H,43,55)(H,44,49). The van der Waals surface area contributed by atoms with Gasteiger partial charge >= 0.3 is 6.09 Å². The number of alkyl carbamates (subject to hydrolysis) is 1. The highest BCUT2D eigenvalue weighted by Crippen LogP contribution is 2.15. The van der Waals surface area contributed by atoms with E-state index in [1.807, 2.05) is 0 Å². The Morgan fingerprint density at radius 2 is 1.41 bits per heavy atom. The number of thioether (sulfide) groups is 1. The predicted molar refractivity (Wildman–Crippen MR) is 215 cm³/mol. The van der Waals surface area contributed by atoms with E-state index in [2.05, 4.69) is 34.4 Å². The molecule has 1 aliphatic rings. The number of nitrogens with two attached hydrogens (primary N) is 1. The summed E-state index contributed by atoms with van der Waals surface area (Å²) < 4.78 is 10.4. The minimum Gasteiger partial charge on any atom is -0.497 e. The van der Waals surface area contributed by atoms with Crippen LogP contribution in [0.1, 0.15) is 31.4 Å². The second-order valence-corrected chi connectivity index (χ2v) is 14.4. The fourth-order valence-electron chi connectivity index (χ4n) is 5.40. The van der Waals surface area contributed by atoms with Crippen LogP contribution in [0.4, 0.5) is 10.5 Å². The number of primary amides is 1. The number of hydrogen-bond acceptors (Lipinski definition) is 11. The third kappa shape index (κ3) is 14.9. The Morgan fingerprint density at radius 3 is 1.97 bits per heavy atom. The zero-order chi connectivity index (χ0) is 42.8. The molecule has 0 aliphatic carbocycles. The second kappa shape index (κ2) is 23.0. The number of ether oxygens (including phenoxy) is 2. The fraction of sp³-hybridized carbons (Fsp3) is 0.385. The first-order valence-electron chi connectivity index (χ1n) is 18.1. The van der Waals surface area contributed by atoms with Crippen LogP contribution in [0.25, 0.3) is 0 Å². The summed E-state index contributed by atoms with van der Waals surface area (Å²) in [6.45, 7) is 9.85. The van der Waals surface area contributed by atoms with Crippen molar-refractivity contribution in [3.05, 3.63) is 85.0 Å². The highest BCUT2D eigenvalue weighted by Gasteiger charge is 2.30. The molecule has 312 valence electrons. The number of methoxy groups -OCH3 is 1. The van der Waals surface area contributed by atoms with Crippen LogP contribution >= 0.6 is 11.8 Å². The van der Waals surface area contributed by atoms with E-state index < -0.39 is 53.6 Å². The molecule has 0 radical (unpaired) electrons. The number of nitrogens with one attached hydrogen (secondary N) is 4. The maximum absolute atomic E-state index is 12.9. The Hall–Kier alpha value is -6.37. The minimum absolute atomic E-state index is 0.00449. The van der Waals surface area contributed by atoms with Crippen molar-refractivity contribution in [1.82, 2.24) is 30.7 Å². The number of benzene rings is 2. The number of nitrogens with zero attached hydrogens (tertiary/aromatic N) is 3. The van der Waals surface area contributed by atoms with Gasteiger partial charge in [0.25, 0.3) is 0 Å². The average molecular weight is 823 g/mol. The quantitative estimate of drug-likeness (QED) is 0.0936. The van der Waals surface area contributed by atoms with Crippen molar-refractivity contribution in [2.24, 2.45) is 11.7 Å². The van der Waals surface area contributed by atoms with Crippen LogP contribution in [0.3, 0.4) is 0 Å². The molecular formula is C39H50N8O10S. The van der Waals surface area contributed by atoms with Crippen LogP contribution in [-0.4, -0.2) is 119 Å². The lowest BCUT2D eigenvalue weighted by molar-refractivity contribution is -0.154. The molecule has 1 saturated heterocycles. The summed E-state index contributed by atoms with van der Waals surface area (Å²) in [7, 11) is 1.54. The number of anilines is 1. The van der Waals surface area contributed by atoms with Gasteiger partial charge in [-0.05, 0) is 53.5 Å². The average Bonchev–Trinajstić information content (AvgIpc) is 3.22. The van der Waals surface area contributed by atoms with Crippen LogP contribution < -0.4 is 31.7 Å². The molecule has 1 aliphatic heterocycles. The van der Waals surface area contributed by atoms with Gasteiger partial charge in [-0.1, -0.05) is 51.3 Å². The maximum atomic E-state index is 12.9. The summed E-state index contributed by atoms with van der Waals surface area (Å²) in [5, 5.41) is 10.3. The Balaban J connectivity index is 1.38. The molecule has 58 heavy (non-hydrogen) atoms. The van der Waals surface area contributed by atoms with Crippen molar-refractivity contribution < 1.29 is 47.8 Å². The van der Waals surface area contributed by atoms with Crippen molar-refractivity contribution in [2.45, 2.75) is 45.4 Å². The van der Waals surface area contributed by atoms with Gasteiger partial charge in [0.15, 0.2) is 0 Å². The van der Waals surface area contributed by atoms with E-state index in [4.69, 9.17) is 15.2 Å². The lowest BCUT2D eigenvalue weighted by Crippen LogP contribution is -2.59. The summed E-state index contributed by atoms with van der Waals surface area (Å²) in [4.78, 5) is 104. The summed E-state index contributed by atoms with van der Waals surface area (Å²) in [5.74, 6) is -2.90. The Kier molecular flexibility index (Phi) is 18.2. The monoisotopic (exact) mass is 822 g/mol. The van der Waals surface area contributed by atoms with Crippen molar-refractivity contribution in [1.29, 1.82) is 0 Å². The van der Waals surface area contributed by atoms with E-state index in [1.54, 1.807) is 62.4 Å². The summed E-state index contributed by atoms with van der Waals surface area (Å²) in [5.41, 5.74) is 7.23. The van der Waals surface area contributed by atoms with Crippen molar-refractivity contribution in [3.8, 4) is 5.75 Å². The Labute approximate surface area is 340 Å². The van der Waals surface area contributed by atoms with Crippen LogP contribution in [0.2, 0.25) is 0 Å². The lowest BCUT2D eigenvalue weighted by Gasteiger charge is -2.41. The number of hydrogen-bond donors (Lipinski definition) is 5. The van der Waals surface area contributed by atoms with E-state index in [1.165, 1.54) is 33.6 Å². The molecule has 18 nitrogen and oxygen atoms in total. The molecule has 0 aromatic heterocycles. The molecule has 1 heterocycles. The Bertz CT molecular complexity index is 1790. The molecule has 6 N–H and O–H groups in total. The van der Waals surface area contributed by atoms with Crippen molar-refractivity contribution >= 4 is 64.9 Å². The summed E-state index contributed by atoms with van der Waals surface area (Å²) >= 11 is 1.17. The van der Waals surface area contributed by atoms with Crippen LogP contribution in [-0.2, 0) is 51.3 Å². The molecule has 2 unspecified atom stereocenters. The molecule has 0 saturated carbocycles. The number of carbonyl (C=O) groups excluding carboxylic acids is 8. The van der Waals surface area contributed by atoms with E-state index in [9.17, 15) is 38.4 Å². The first-order chi connectivity index (χ1) is 27.6. The topological polar surface area (TPSA) is 239 Å². The van der Waals surface area contributed by atoms with Gasteiger partial charge in [0.2, 0.25) is 41.4 Å².